The second-order valence-corrected chi connectivity index (χ2v) is 4.81. The first-order valence-corrected chi connectivity index (χ1v) is 5.48. The van der Waals surface area contributed by atoms with Gasteiger partial charge in [-0.25, -0.2) is 0 Å². The van der Waals surface area contributed by atoms with Gasteiger partial charge in [-0.1, -0.05) is 0 Å². The lowest BCUT2D eigenvalue weighted by atomic mass is 9.88. The standard InChI is InChI=1S/C12H15NO4/c1-12(2)9(11(15)16)6-10(14)13(12)7-8-4-3-5-17-8/h3-5,9H,6-7H2,1-2H3,(H,15,16). The van der Waals surface area contributed by atoms with E-state index in [2.05, 4.69) is 0 Å². The van der Waals surface area contributed by atoms with Crippen molar-refractivity contribution in [3.8, 4) is 0 Å². The fraction of sp³-hybridized carbons (Fsp3) is 0.500. The summed E-state index contributed by atoms with van der Waals surface area (Å²) in [5.41, 5.74) is -0.685. The van der Waals surface area contributed by atoms with Gasteiger partial charge in [0.05, 0.1) is 24.3 Å². The van der Waals surface area contributed by atoms with E-state index >= 15 is 0 Å². The molecule has 1 saturated heterocycles. The Bertz CT molecular complexity index is 435. The number of carboxylic acids is 1. The van der Waals surface area contributed by atoms with Gasteiger partial charge in [-0.3, -0.25) is 9.59 Å². The minimum atomic E-state index is -0.926. The van der Waals surface area contributed by atoms with Crippen molar-refractivity contribution in [2.45, 2.75) is 32.4 Å². The van der Waals surface area contributed by atoms with Gasteiger partial charge >= 0.3 is 5.97 Å². The number of carbonyl (C=O) groups is 2. The van der Waals surface area contributed by atoms with Gasteiger partial charge in [0, 0.05) is 6.42 Å². The van der Waals surface area contributed by atoms with Crippen LogP contribution in [0.25, 0.3) is 0 Å². The van der Waals surface area contributed by atoms with Crippen LogP contribution in [0.2, 0.25) is 0 Å². The van der Waals surface area contributed by atoms with Crippen LogP contribution >= 0.6 is 0 Å². The van der Waals surface area contributed by atoms with Crippen LogP contribution in [0.4, 0.5) is 0 Å². The van der Waals surface area contributed by atoms with Gasteiger partial charge in [-0.05, 0) is 26.0 Å². The topological polar surface area (TPSA) is 70.8 Å². The molecule has 1 aliphatic heterocycles. The molecule has 0 saturated carbocycles. The van der Waals surface area contributed by atoms with Crippen molar-refractivity contribution in [2.24, 2.45) is 5.92 Å². The van der Waals surface area contributed by atoms with E-state index in [0.717, 1.165) is 0 Å². The van der Waals surface area contributed by atoms with Crippen molar-refractivity contribution >= 4 is 11.9 Å². The quantitative estimate of drug-likeness (QED) is 0.864. The maximum absolute atomic E-state index is 11.9. The van der Waals surface area contributed by atoms with Gasteiger partial charge in [-0.15, -0.1) is 0 Å². The molecule has 2 heterocycles. The average molecular weight is 237 g/mol. The van der Waals surface area contributed by atoms with Gasteiger partial charge in [0.1, 0.15) is 5.76 Å². The Balaban J connectivity index is 2.22. The number of carbonyl (C=O) groups excluding carboxylic acids is 1. The van der Waals surface area contributed by atoms with E-state index < -0.39 is 17.4 Å². The molecule has 0 spiro atoms. The number of furan rings is 1. The lowest BCUT2D eigenvalue weighted by molar-refractivity contribution is -0.144. The number of aliphatic carboxylic acids is 1. The highest BCUT2D eigenvalue weighted by atomic mass is 16.4. The highest BCUT2D eigenvalue weighted by Crippen LogP contribution is 2.36. The number of amides is 1. The fourth-order valence-corrected chi connectivity index (χ4v) is 2.28. The van der Waals surface area contributed by atoms with E-state index in [1.165, 1.54) is 6.26 Å². The zero-order valence-corrected chi connectivity index (χ0v) is 9.84. The van der Waals surface area contributed by atoms with Crippen molar-refractivity contribution in [3.63, 3.8) is 0 Å². The second kappa shape index (κ2) is 3.91. The van der Waals surface area contributed by atoms with E-state index in [1.807, 2.05) is 0 Å². The van der Waals surface area contributed by atoms with Crippen LogP contribution in [-0.4, -0.2) is 27.4 Å². The summed E-state index contributed by atoms with van der Waals surface area (Å²) in [5, 5.41) is 9.11. The molecule has 92 valence electrons. The number of carboxylic acid groups (broad SMARTS) is 1. The molecule has 1 aromatic heterocycles. The summed E-state index contributed by atoms with van der Waals surface area (Å²) >= 11 is 0. The Labute approximate surface area is 99.0 Å². The zero-order valence-electron chi connectivity index (χ0n) is 9.84. The Morgan fingerprint density at radius 2 is 2.35 bits per heavy atom. The normalized spacial score (nSPS) is 23.1. The largest absolute Gasteiger partial charge is 0.481 e. The zero-order chi connectivity index (χ0) is 12.6. The molecule has 0 radical (unpaired) electrons. The maximum Gasteiger partial charge on any atom is 0.309 e. The first-order valence-electron chi connectivity index (χ1n) is 5.48. The number of rotatable bonds is 3. The van der Waals surface area contributed by atoms with Crippen molar-refractivity contribution in [3.05, 3.63) is 24.2 Å². The van der Waals surface area contributed by atoms with Crippen LogP contribution in [-0.2, 0) is 16.1 Å². The molecular formula is C12H15NO4. The van der Waals surface area contributed by atoms with Crippen LogP contribution in [0.3, 0.4) is 0 Å². The lowest BCUT2D eigenvalue weighted by Gasteiger charge is -2.33. The molecule has 5 heteroatoms. The van der Waals surface area contributed by atoms with Crippen molar-refractivity contribution in [1.29, 1.82) is 0 Å². The van der Waals surface area contributed by atoms with Gasteiger partial charge < -0.3 is 14.4 Å². The minimum Gasteiger partial charge on any atom is -0.481 e. The lowest BCUT2D eigenvalue weighted by Crippen LogP contribution is -2.45. The molecule has 1 N–H and O–H groups in total. The highest BCUT2D eigenvalue weighted by molar-refractivity contribution is 5.88. The summed E-state index contributed by atoms with van der Waals surface area (Å²) in [6.45, 7) is 3.88. The smallest absolute Gasteiger partial charge is 0.309 e. The SMILES string of the molecule is CC1(C)C(C(=O)O)CC(=O)N1Cc1ccco1. The molecule has 0 aromatic carbocycles. The Hall–Kier alpha value is -1.78. The van der Waals surface area contributed by atoms with Gasteiger partial charge in [-0.2, -0.15) is 0 Å². The van der Waals surface area contributed by atoms with Crippen molar-refractivity contribution in [1.82, 2.24) is 4.90 Å². The van der Waals surface area contributed by atoms with E-state index in [0.29, 0.717) is 12.3 Å². The van der Waals surface area contributed by atoms with Crippen LogP contribution in [0.15, 0.2) is 22.8 Å². The molecule has 2 rings (SSSR count). The summed E-state index contributed by atoms with van der Waals surface area (Å²) < 4.78 is 5.19. The number of nitrogens with zero attached hydrogens (tertiary/aromatic N) is 1. The summed E-state index contributed by atoms with van der Waals surface area (Å²) in [5.74, 6) is -1.06. The monoisotopic (exact) mass is 237 g/mol. The Kier molecular flexibility index (Phi) is 2.69. The van der Waals surface area contributed by atoms with Gasteiger partial charge in [0.25, 0.3) is 0 Å². The molecule has 1 aliphatic rings. The van der Waals surface area contributed by atoms with Crippen LogP contribution in [0.1, 0.15) is 26.0 Å². The van der Waals surface area contributed by atoms with E-state index in [9.17, 15) is 9.59 Å². The number of hydrogen-bond donors (Lipinski definition) is 1. The van der Waals surface area contributed by atoms with Gasteiger partial charge in [0.15, 0.2) is 0 Å². The molecule has 1 unspecified atom stereocenters. The molecule has 0 bridgehead atoms. The summed E-state index contributed by atoms with van der Waals surface area (Å²) in [4.78, 5) is 24.5. The van der Waals surface area contributed by atoms with E-state index in [4.69, 9.17) is 9.52 Å². The highest BCUT2D eigenvalue weighted by Gasteiger charge is 2.49. The molecule has 1 aromatic rings. The summed E-state index contributed by atoms with van der Waals surface area (Å²) in [6, 6.07) is 3.52. The molecule has 1 atom stereocenters. The first-order chi connectivity index (χ1) is 7.93. The predicted octanol–water partition coefficient (Wildman–Crippen LogP) is 1.49. The molecule has 5 nitrogen and oxygen atoms in total. The molecule has 1 fully saturated rings. The number of likely N-dealkylation sites (tertiary alicyclic amines) is 1. The second-order valence-electron chi connectivity index (χ2n) is 4.81. The predicted molar refractivity (Wildman–Crippen MR) is 59.1 cm³/mol. The summed E-state index contributed by atoms with van der Waals surface area (Å²) in [6.07, 6.45) is 1.60. The minimum absolute atomic E-state index is 0.0586. The number of hydrogen-bond acceptors (Lipinski definition) is 3. The third-order valence-electron chi connectivity index (χ3n) is 3.42. The molecule has 1 amide bonds. The van der Waals surface area contributed by atoms with Crippen LogP contribution in [0, 0.1) is 5.92 Å². The third-order valence-corrected chi connectivity index (χ3v) is 3.42. The van der Waals surface area contributed by atoms with Crippen molar-refractivity contribution < 1.29 is 19.1 Å². The molecule has 17 heavy (non-hydrogen) atoms. The molecule has 0 aliphatic carbocycles. The first kappa shape index (κ1) is 11.7. The fourth-order valence-electron chi connectivity index (χ4n) is 2.28. The Morgan fingerprint density at radius 1 is 1.65 bits per heavy atom. The van der Waals surface area contributed by atoms with Crippen molar-refractivity contribution in [2.75, 3.05) is 0 Å². The summed E-state index contributed by atoms with van der Waals surface area (Å²) in [7, 11) is 0. The Morgan fingerprint density at radius 3 is 2.82 bits per heavy atom. The van der Waals surface area contributed by atoms with Crippen LogP contribution in [0.5, 0.6) is 0 Å². The van der Waals surface area contributed by atoms with E-state index in [-0.39, 0.29) is 12.3 Å². The third kappa shape index (κ3) is 1.92. The van der Waals surface area contributed by atoms with E-state index in [1.54, 1.807) is 30.9 Å². The molecular weight excluding hydrogens is 222 g/mol. The average Bonchev–Trinajstić information content (AvgIpc) is 2.80. The maximum atomic E-state index is 11.9. The van der Waals surface area contributed by atoms with Gasteiger partial charge in [0.2, 0.25) is 5.91 Å². The van der Waals surface area contributed by atoms with Crippen LogP contribution < -0.4 is 0 Å².